The van der Waals surface area contributed by atoms with Crippen LogP contribution in [0.5, 0.6) is 11.5 Å². The second-order valence-corrected chi connectivity index (χ2v) is 5.04. The molecule has 2 aromatic heterocycles. The molecule has 3 aromatic rings. The van der Waals surface area contributed by atoms with Crippen molar-refractivity contribution < 1.29 is 13.9 Å². The molecule has 0 saturated carbocycles. The van der Waals surface area contributed by atoms with Crippen molar-refractivity contribution in [3.63, 3.8) is 0 Å². The first kappa shape index (κ1) is 14.5. The van der Waals surface area contributed by atoms with Crippen LogP contribution in [-0.2, 0) is 12.8 Å². The lowest BCUT2D eigenvalue weighted by molar-refractivity contribution is 0.395. The maximum absolute atomic E-state index is 5.78. The Morgan fingerprint density at radius 1 is 1.14 bits per heavy atom. The smallest absolute Gasteiger partial charge is 0.225 e. The monoisotopic (exact) mass is 300 g/mol. The fraction of sp³-hybridized carbons (Fsp3) is 0.353. The van der Waals surface area contributed by atoms with Crippen LogP contribution in [0.25, 0.3) is 17.0 Å². The zero-order valence-corrected chi connectivity index (χ0v) is 13.3. The zero-order valence-electron chi connectivity index (χ0n) is 13.3. The molecular weight excluding hydrogens is 280 g/mol. The predicted molar refractivity (Wildman–Crippen MR) is 84.8 cm³/mol. The first-order valence-corrected chi connectivity index (χ1v) is 7.43. The zero-order chi connectivity index (χ0) is 15.7. The number of hydrogen-bond acceptors (Lipinski definition) is 4. The average molecular weight is 300 g/mol. The maximum Gasteiger partial charge on any atom is 0.225 e. The molecule has 0 aliphatic rings. The molecule has 5 heteroatoms. The highest BCUT2D eigenvalue weighted by atomic mass is 16.5. The van der Waals surface area contributed by atoms with Crippen molar-refractivity contribution in [3.05, 3.63) is 35.7 Å². The van der Waals surface area contributed by atoms with E-state index in [1.165, 1.54) is 5.56 Å². The van der Waals surface area contributed by atoms with Gasteiger partial charge in [-0.25, -0.2) is 0 Å². The number of hydrogen-bond donors (Lipinski definition) is 0. The Bertz CT molecular complexity index is 802. The van der Waals surface area contributed by atoms with E-state index in [0.29, 0.717) is 0 Å². The van der Waals surface area contributed by atoms with Gasteiger partial charge in [-0.2, -0.15) is 9.61 Å². The van der Waals surface area contributed by atoms with Gasteiger partial charge in [-0.15, -0.1) is 0 Å². The van der Waals surface area contributed by atoms with E-state index in [1.54, 1.807) is 20.5 Å². The van der Waals surface area contributed by atoms with Gasteiger partial charge in [0.1, 0.15) is 23.5 Å². The van der Waals surface area contributed by atoms with Gasteiger partial charge in [0.25, 0.3) is 0 Å². The van der Waals surface area contributed by atoms with Gasteiger partial charge >= 0.3 is 0 Å². The van der Waals surface area contributed by atoms with Crippen LogP contribution in [0.15, 0.2) is 28.9 Å². The summed E-state index contributed by atoms with van der Waals surface area (Å²) in [6, 6.07) is 5.72. The van der Waals surface area contributed by atoms with Gasteiger partial charge in [0.05, 0.1) is 19.9 Å². The molecule has 0 unspecified atom stereocenters. The topological polar surface area (TPSA) is 48.9 Å². The third kappa shape index (κ3) is 2.13. The number of benzene rings is 1. The molecule has 0 amide bonds. The molecule has 0 atom stereocenters. The van der Waals surface area contributed by atoms with E-state index < -0.39 is 0 Å². The summed E-state index contributed by atoms with van der Waals surface area (Å²) in [7, 11) is 3.28. The molecule has 0 saturated heterocycles. The van der Waals surface area contributed by atoms with Crippen LogP contribution >= 0.6 is 0 Å². The quantitative estimate of drug-likeness (QED) is 0.720. The van der Waals surface area contributed by atoms with Crippen LogP contribution in [0, 0.1) is 0 Å². The molecule has 116 valence electrons. The lowest BCUT2D eigenvalue weighted by atomic mass is 10.1. The largest absolute Gasteiger partial charge is 0.497 e. The molecule has 0 bridgehead atoms. The average Bonchev–Trinajstić information content (AvgIpc) is 3.12. The second kappa shape index (κ2) is 5.75. The molecule has 0 radical (unpaired) electrons. The van der Waals surface area contributed by atoms with E-state index in [9.17, 15) is 0 Å². The number of rotatable bonds is 5. The molecule has 22 heavy (non-hydrogen) atoms. The van der Waals surface area contributed by atoms with Gasteiger partial charge in [-0.3, -0.25) is 0 Å². The predicted octanol–water partition coefficient (Wildman–Crippen LogP) is 3.74. The van der Waals surface area contributed by atoms with Crippen molar-refractivity contribution in [2.45, 2.75) is 26.7 Å². The Labute approximate surface area is 129 Å². The highest BCUT2D eigenvalue weighted by molar-refractivity contribution is 5.71. The molecule has 3 rings (SSSR count). The Kier molecular flexibility index (Phi) is 3.79. The van der Waals surface area contributed by atoms with Crippen molar-refractivity contribution in [3.8, 4) is 22.8 Å². The van der Waals surface area contributed by atoms with E-state index in [1.807, 2.05) is 22.7 Å². The number of ether oxygens (including phenoxy) is 2. The second-order valence-electron chi connectivity index (χ2n) is 5.04. The molecule has 0 aliphatic carbocycles. The van der Waals surface area contributed by atoms with Crippen LogP contribution in [0.3, 0.4) is 0 Å². The van der Waals surface area contributed by atoms with E-state index >= 15 is 0 Å². The molecule has 0 aliphatic heterocycles. The molecule has 0 N–H and O–H groups in total. The molecule has 0 spiro atoms. The number of oxazole rings is 1. The number of aryl methyl sites for hydroxylation is 2. The Morgan fingerprint density at radius 3 is 2.59 bits per heavy atom. The minimum absolute atomic E-state index is 0.730. The summed E-state index contributed by atoms with van der Waals surface area (Å²) in [6.45, 7) is 4.22. The van der Waals surface area contributed by atoms with Crippen LogP contribution in [0.1, 0.15) is 25.1 Å². The summed E-state index contributed by atoms with van der Waals surface area (Å²) < 4.78 is 18.4. The summed E-state index contributed by atoms with van der Waals surface area (Å²) in [6.07, 6.45) is 3.52. The van der Waals surface area contributed by atoms with E-state index in [0.717, 1.165) is 47.0 Å². The fourth-order valence-corrected chi connectivity index (χ4v) is 2.75. The normalized spacial score (nSPS) is 11.1. The summed E-state index contributed by atoms with van der Waals surface area (Å²) in [5.41, 5.74) is 4.86. The third-order valence-electron chi connectivity index (χ3n) is 3.90. The summed E-state index contributed by atoms with van der Waals surface area (Å²) in [5.74, 6) is 1.48. The molecular formula is C17H20N2O3. The Balaban J connectivity index is 2.20. The molecule has 0 fully saturated rings. The SMILES string of the molecule is CCc1nn2c(-c3ccc(OC)cc3OC)coc2c1CC. The fourth-order valence-electron chi connectivity index (χ4n) is 2.75. The van der Waals surface area contributed by atoms with Crippen molar-refractivity contribution in [2.75, 3.05) is 14.2 Å². The van der Waals surface area contributed by atoms with Gasteiger partial charge in [-0.1, -0.05) is 13.8 Å². The van der Waals surface area contributed by atoms with Crippen molar-refractivity contribution in [1.29, 1.82) is 0 Å². The van der Waals surface area contributed by atoms with Gasteiger partial charge < -0.3 is 13.9 Å². The summed E-state index contributed by atoms with van der Waals surface area (Å²) in [5, 5.41) is 4.69. The number of fused-ring (bicyclic) bond motifs is 1. The maximum atomic E-state index is 5.78. The first-order chi connectivity index (χ1) is 10.7. The summed E-state index contributed by atoms with van der Waals surface area (Å²) >= 11 is 0. The van der Waals surface area contributed by atoms with E-state index in [4.69, 9.17) is 19.0 Å². The third-order valence-corrected chi connectivity index (χ3v) is 3.90. The summed E-state index contributed by atoms with van der Waals surface area (Å²) in [4.78, 5) is 0. The van der Waals surface area contributed by atoms with Crippen molar-refractivity contribution in [2.24, 2.45) is 0 Å². The molecule has 1 aromatic carbocycles. The minimum atomic E-state index is 0.730. The van der Waals surface area contributed by atoms with Crippen LogP contribution in [-0.4, -0.2) is 23.8 Å². The van der Waals surface area contributed by atoms with Crippen LogP contribution in [0.4, 0.5) is 0 Å². The molecule has 5 nitrogen and oxygen atoms in total. The standard InChI is InChI=1S/C17H20N2O3/c1-5-12-14(6-2)18-19-15(10-22-17(12)19)13-8-7-11(20-3)9-16(13)21-4/h7-10H,5-6H2,1-4H3. The van der Waals surface area contributed by atoms with Crippen molar-refractivity contribution in [1.82, 2.24) is 9.61 Å². The lowest BCUT2D eigenvalue weighted by Gasteiger charge is -2.08. The van der Waals surface area contributed by atoms with E-state index in [-0.39, 0.29) is 0 Å². The van der Waals surface area contributed by atoms with Crippen LogP contribution < -0.4 is 9.47 Å². The highest BCUT2D eigenvalue weighted by Gasteiger charge is 2.19. The van der Waals surface area contributed by atoms with Crippen LogP contribution in [0.2, 0.25) is 0 Å². The number of aromatic nitrogens is 2. The minimum Gasteiger partial charge on any atom is -0.497 e. The van der Waals surface area contributed by atoms with Crippen molar-refractivity contribution >= 4 is 5.71 Å². The Hall–Kier alpha value is -2.43. The van der Waals surface area contributed by atoms with Gasteiger partial charge in [0.2, 0.25) is 5.71 Å². The number of methoxy groups -OCH3 is 2. The Morgan fingerprint density at radius 2 is 1.95 bits per heavy atom. The highest BCUT2D eigenvalue weighted by Crippen LogP contribution is 2.35. The molecule has 2 heterocycles. The lowest BCUT2D eigenvalue weighted by Crippen LogP contribution is -1.94. The number of nitrogens with zero attached hydrogens (tertiary/aromatic N) is 2. The van der Waals surface area contributed by atoms with Gasteiger partial charge in [-0.05, 0) is 25.0 Å². The van der Waals surface area contributed by atoms with E-state index in [2.05, 4.69) is 13.8 Å². The first-order valence-electron chi connectivity index (χ1n) is 7.43. The van der Waals surface area contributed by atoms with Gasteiger partial charge in [0.15, 0.2) is 0 Å². The van der Waals surface area contributed by atoms with Gasteiger partial charge in [0, 0.05) is 17.2 Å².